The van der Waals surface area contributed by atoms with Gasteiger partial charge in [0.1, 0.15) is 11.6 Å². The lowest BCUT2D eigenvalue weighted by Gasteiger charge is -2.11. The van der Waals surface area contributed by atoms with Crippen LogP contribution in [-0.2, 0) is 17.8 Å². The number of anilines is 1. The molecule has 0 unspecified atom stereocenters. The summed E-state index contributed by atoms with van der Waals surface area (Å²) in [7, 11) is 3.53. The Balaban J connectivity index is 2.94. The Kier molecular flexibility index (Phi) is 5.85. The minimum Gasteiger partial charge on any atom is -0.378 e. The van der Waals surface area contributed by atoms with Crippen molar-refractivity contribution in [1.82, 2.24) is 9.97 Å². The SMILES string of the molecule is CNc1nc(CCC(C)C)nc(COC)c1Br. The van der Waals surface area contributed by atoms with Gasteiger partial charge in [-0.2, -0.15) is 0 Å². The monoisotopic (exact) mass is 301 g/mol. The minimum absolute atomic E-state index is 0.493. The predicted molar refractivity (Wildman–Crippen MR) is 73.2 cm³/mol. The van der Waals surface area contributed by atoms with Crippen molar-refractivity contribution < 1.29 is 4.74 Å². The lowest BCUT2D eigenvalue weighted by atomic mass is 10.1. The number of aromatic nitrogens is 2. The molecule has 1 N–H and O–H groups in total. The Bertz CT molecular complexity index is 369. The third-order valence-corrected chi connectivity index (χ3v) is 3.26. The average Bonchev–Trinajstić information content (AvgIpc) is 2.30. The van der Waals surface area contributed by atoms with E-state index >= 15 is 0 Å². The maximum Gasteiger partial charge on any atom is 0.144 e. The van der Waals surface area contributed by atoms with Gasteiger partial charge in [0.15, 0.2) is 0 Å². The number of ether oxygens (including phenoxy) is 1. The molecule has 0 aliphatic heterocycles. The van der Waals surface area contributed by atoms with Crippen molar-refractivity contribution in [2.24, 2.45) is 5.92 Å². The fourth-order valence-corrected chi connectivity index (χ4v) is 1.96. The standard InChI is InChI=1S/C12H20BrN3O/c1-8(2)5-6-10-15-9(7-17-4)11(13)12(14-3)16-10/h8H,5-7H2,1-4H3,(H,14,15,16). The highest BCUT2D eigenvalue weighted by Gasteiger charge is 2.11. The second-order valence-electron chi connectivity index (χ2n) is 4.36. The molecule has 0 bridgehead atoms. The molecule has 4 nitrogen and oxygen atoms in total. The van der Waals surface area contributed by atoms with Crippen LogP contribution >= 0.6 is 15.9 Å². The highest BCUT2D eigenvalue weighted by Crippen LogP contribution is 2.24. The first kappa shape index (κ1) is 14.4. The van der Waals surface area contributed by atoms with Gasteiger partial charge < -0.3 is 10.1 Å². The molecule has 0 spiro atoms. The molecule has 1 aromatic rings. The number of hydrogen-bond donors (Lipinski definition) is 1. The van der Waals surface area contributed by atoms with E-state index in [1.165, 1.54) is 0 Å². The van der Waals surface area contributed by atoms with Crippen LogP contribution in [0.3, 0.4) is 0 Å². The number of halogens is 1. The summed E-state index contributed by atoms with van der Waals surface area (Å²) in [5.74, 6) is 2.36. The molecule has 5 heteroatoms. The molecule has 1 rings (SSSR count). The summed E-state index contributed by atoms with van der Waals surface area (Å²) in [5.41, 5.74) is 0.894. The summed E-state index contributed by atoms with van der Waals surface area (Å²) in [6.07, 6.45) is 1.99. The Morgan fingerprint density at radius 3 is 2.59 bits per heavy atom. The van der Waals surface area contributed by atoms with Crippen LogP contribution in [0.25, 0.3) is 0 Å². The van der Waals surface area contributed by atoms with Crippen molar-refractivity contribution in [2.75, 3.05) is 19.5 Å². The average molecular weight is 302 g/mol. The Hall–Kier alpha value is -0.680. The smallest absolute Gasteiger partial charge is 0.144 e. The topological polar surface area (TPSA) is 47.0 Å². The second kappa shape index (κ2) is 6.91. The lowest BCUT2D eigenvalue weighted by Crippen LogP contribution is -2.07. The number of nitrogens with one attached hydrogen (secondary N) is 1. The zero-order valence-corrected chi connectivity index (χ0v) is 12.5. The fraction of sp³-hybridized carbons (Fsp3) is 0.667. The quantitative estimate of drug-likeness (QED) is 0.877. The molecular formula is C12H20BrN3O. The highest BCUT2D eigenvalue weighted by atomic mass is 79.9. The van der Waals surface area contributed by atoms with Gasteiger partial charge in [0, 0.05) is 20.6 Å². The van der Waals surface area contributed by atoms with E-state index in [4.69, 9.17) is 4.74 Å². The summed E-state index contributed by atoms with van der Waals surface area (Å²) < 4.78 is 6.03. The maximum atomic E-state index is 5.14. The normalized spacial score (nSPS) is 10.9. The highest BCUT2D eigenvalue weighted by molar-refractivity contribution is 9.10. The van der Waals surface area contributed by atoms with Crippen molar-refractivity contribution in [2.45, 2.75) is 33.3 Å². The van der Waals surface area contributed by atoms with Crippen LogP contribution in [0.15, 0.2) is 4.47 Å². The van der Waals surface area contributed by atoms with Crippen LogP contribution in [0.4, 0.5) is 5.82 Å². The number of rotatable bonds is 6. The largest absolute Gasteiger partial charge is 0.378 e. The van der Waals surface area contributed by atoms with Gasteiger partial charge in [0.2, 0.25) is 0 Å². The van der Waals surface area contributed by atoms with Crippen LogP contribution in [-0.4, -0.2) is 24.1 Å². The molecule has 0 fully saturated rings. The van der Waals surface area contributed by atoms with Crippen LogP contribution < -0.4 is 5.32 Å². The van der Waals surface area contributed by atoms with E-state index in [-0.39, 0.29) is 0 Å². The number of nitrogens with zero attached hydrogens (tertiary/aromatic N) is 2. The fourth-order valence-electron chi connectivity index (χ4n) is 1.47. The van der Waals surface area contributed by atoms with Gasteiger partial charge in [-0.1, -0.05) is 13.8 Å². The number of aryl methyl sites for hydroxylation is 1. The molecular weight excluding hydrogens is 282 g/mol. The zero-order valence-electron chi connectivity index (χ0n) is 10.9. The summed E-state index contributed by atoms with van der Waals surface area (Å²) in [6, 6.07) is 0. The van der Waals surface area contributed by atoms with Crippen molar-refractivity contribution in [3.63, 3.8) is 0 Å². The molecule has 17 heavy (non-hydrogen) atoms. The van der Waals surface area contributed by atoms with E-state index in [1.54, 1.807) is 7.11 Å². The molecule has 0 radical (unpaired) electrons. The second-order valence-corrected chi connectivity index (χ2v) is 5.16. The molecule has 0 amide bonds. The van der Waals surface area contributed by atoms with E-state index in [2.05, 4.69) is 45.1 Å². The molecule has 96 valence electrons. The third-order valence-electron chi connectivity index (χ3n) is 2.43. The first-order valence-corrected chi connectivity index (χ1v) is 6.59. The Morgan fingerprint density at radius 2 is 2.06 bits per heavy atom. The van der Waals surface area contributed by atoms with Gasteiger partial charge in [-0.25, -0.2) is 9.97 Å². The molecule has 0 saturated heterocycles. The summed E-state index contributed by atoms with van der Waals surface area (Å²) in [4.78, 5) is 9.00. The van der Waals surface area contributed by atoms with Gasteiger partial charge in [-0.15, -0.1) is 0 Å². The van der Waals surface area contributed by atoms with Gasteiger partial charge >= 0.3 is 0 Å². The predicted octanol–water partition coefficient (Wildman–Crippen LogP) is 3.02. The third kappa shape index (κ3) is 4.24. The van der Waals surface area contributed by atoms with E-state index in [9.17, 15) is 0 Å². The van der Waals surface area contributed by atoms with Crippen molar-refractivity contribution >= 4 is 21.7 Å². The van der Waals surface area contributed by atoms with Gasteiger partial charge in [-0.05, 0) is 28.3 Å². The van der Waals surface area contributed by atoms with Crippen LogP contribution in [0, 0.1) is 5.92 Å². The maximum absolute atomic E-state index is 5.14. The van der Waals surface area contributed by atoms with Crippen molar-refractivity contribution in [1.29, 1.82) is 0 Å². The first-order chi connectivity index (χ1) is 8.08. The Morgan fingerprint density at radius 1 is 1.35 bits per heavy atom. The van der Waals surface area contributed by atoms with Gasteiger partial charge in [-0.3, -0.25) is 0 Å². The van der Waals surface area contributed by atoms with Crippen molar-refractivity contribution in [3.8, 4) is 0 Å². The van der Waals surface area contributed by atoms with E-state index in [0.717, 1.165) is 34.7 Å². The van der Waals surface area contributed by atoms with E-state index < -0.39 is 0 Å². The van der Waals surface area contributed by atoms with Crippen LogP contribution in [0.2, 0.25) is 0 Å². The summed E-state index contributed by atoms with van der Waals surface area (Å²) in [6.45, 7) is 4.90. The molecule has 0 aromatic carbocycles. The molecule has 0 aliphatic carbocycles. The summed E-state index contributed by atoms with van der Waals surface area (Å²) >= 11 is 3.49. The Labute approximate surface area is 111 Å². The first-order valence-electron chi connectivity index (χ1n) is 5.80. The molecule has 0 aliphatic rings. The zero-order chi connectivity index (χ0) is 12.8. The van der Waals surface area contributed by atoms with Crippen LogP contribution in [0.1, 0.15) is 31.8 Å². The summed E-state index contributed by atoms with van der Waals surface area (Å²) in [5, 5.41) is 3.07. The van der Waals surface area contributed by atoms with E-state index in [0.29, 0.717) is 12.5 Å². The van der Waals surface area contributed by atoms with Crippen LogP contribution in [0.5, 0.6) is 0 Å². The van der Waals surface area contributed by atoms with E-state index in [1.807, 2.05) is 7.05 Å². The van der Waals surface area contributed by atoms with Gasteiger partial charge in [0.25, 0.3) is 0 Å². The molecule has 0 saturated carbocycles. The molecule has 1 aromatic heterocycles. The lowest BCUT2D eigenvalue weighted by molar-refractivity contribution is 0.180. The molecule has 0 atom stereocenters. The number of hydrogen-bond acceptors (Lipinski definition) is 4. The van der Waals surface area contributed by atoms with Crippen molar-refractivity contribution in [3.05, 3.63) is 16.0 Å². The number of methoxy groups -OCH3 is 1. The molecule has 1 heterocycles. The van der Waals surface area contributed by atoms with Gasteiger partial charge in [0.05, 0.1) is 16.8 Å². The minimum atomic E-state index is 0.493.